The Bertz CT molecular complexity index is 581. The second kappa shape index (κ2) is 9.20. The Kier molecular flexibility index (Phi) is 7.26. The van der Waals surface area contributed by atoms with Crippen molar-refractivity contribution in [2.45, 2.75) is 45.1 Å². The van der Waals surface area contributed by atoms with Gasteiger partial charge in [-0.3, -0.25) is 9.59 Å². The van der Waals surface area contributed by atoms with Gasteiger partial charge in [0.1, 0.15) is 0 Å². The van der Waals surface area contributed by atoms with Crippen molar-refractivity contribution in [3.05, 3.63) is 34.9 Å². The van der Waals surface area contributed by atoms with E-state index in [0.717, 1.165) is 31.5 Å². The highest BCUT2D eigenvalue weighted by molar-refractivity contribution is 6.30. The molecule has 1 atom stereocenters. The lowest BCUT2D eigenvalue weighted by Gasteiger charge is -2.34. The van der Waals surface area contributed by atoms with Gasteiger partial charge in [-0.2, -0.15) is 0 Å². The molecule has 1 aromatic rings. The van der Waals surface area contributed by atoms with Crippen molar-refractivity contribution < 1.29 is 14.7 Å². The molecule has 1 aliphatic rings. The second-order valence-electron chi connectivity index (χ2n) is 7.00. The number of piperidine rings is 1. The van der Waals surface area contributed by atoms with Crippen molar-refractivity contribution in [3.8, 4) is 0 Å². The summed E-state index contributed by atoms with van der Waals surface area (Å²) < 4.78 is 0. The molecule has 25 heavy (non-hydrogen) atoms. The molecular formula is C19H27ClN2O3. The van der Waals surface area contributed by atoms with Gasteiger partial charge in [-0.15, -0.1) is 0 Å². The third kappa shape index (κ3) is 6.01. The Labute approximate surface area is 154 Å². The molecule has 6 heteroatoms. The topological polar surface area (TPSA) is 69.6 Å². The van der Waals surface area contributed by atoms with Crippen molar-refractivity contribution in [2.75, 3.05) is 19.6 Å². The van der Waals surface area contributed by atoms with Crippen molar-refractivity contribution in [2.24, 2.45) is 5.92 Å². The number of aliphatic carboxylic acids is 1. The lowest BCUT2D eigenvalue weighted by molar-refractivity contribution is -0.137. The van der Waals surface area contributed by atoms with E-state index in [9.17, 15) is 9.59 Å². The van der Waals surface area contributed by atoms with Crippen LogP contribution < -0.4 is 5.32 Å². The zero-order valence-electron chi connectivity index (χ0n) is 14.9. The van der Waals surface area contributed by atoms with Gasteiger partial charge in [0.2, 0.25) is 5.91 Å². The maximum absolute atomic E-state index is 12.5. The van der Waals surface area contributed by atoms with Crippen LogP contribution in [0, 0.1) is 5.92 Å². The number of hydrogen-bond acceptors (Lipinski definition) is 3. The third-order valence-corrected chi connectivity index (χ3v) is 5.17. The fourth-order valence-electron chi connectivity index (χ4n) is 3.30. The molecule has 2 rings (SSSR count). The molecule has 138 valence electrons. The van der Waals surface area contributed by atoms with Crippen LogP contribution in [0.25, 0.3) is 0 Å². The van der Waals surface area contributed by atoms with E-state index < -0.39 is 5.97 Å². The summed E-state index contributed by atoms with van der Waals surface area (Å²) in [6.07, 6.45) is 1.69. The fraction of sp³-hybridized carbons (Fsp3) is 0.579. The summed E-state index contributed by atoms with van der Waals surface area (Å²) in [6.45, 7) is 6.54. The Balaban J connectivity index is 1.90. The van der Waals surface area contributed by atoms with Crippen LogP contribution in [0.15, 0.2) is 24.3 Å². The molecule has 0 unspecified atom stereocenters. The number of carbonyl (C=O) groups excluding carboxylic acids is 1. The maximum atomic E-state index is 12.5. The largest absolute Gasteiger partial charge is 0.481 e. The summed E-state index contributed by atoms with van der Waals surface area (Å²) in [5.41, 5.74) is 0.877. The zero-order chi connectivity index (χ0) is 18.4. The molecule has 0 bridgehead atoms. The third-order valence-electron chi connectivity index (χ3n) is 4.92. The molecular weight excluding hydrogens is 340 g/mol. The Morgan fingerprint density at radius 2 is 1.84 bits per heavy atom. The molecule has 1 saturated heterocycles. The van der Waals surface area contributed by atoms with Crippen LogP contribution in [-0.4, -0.2) is 47.6 Å². The predicted octanol–water partition coefficient (Wildman–Crippen LogP) is 3.13. The number of carbonyl (C=O) groups is 2. The van der Waals surface area contributed by atoms with E-state index in [1.54, 1.807) is 12.1 Å². The van der Waals surface area contributed by atoms with Crippen molar-refractivity contribution in [3.63, 3.8) is 0 Å². The molecule has 1 amide bonds. The van der Waals surface area contributed by atoms with Gasteiger partial charge >= 0.3 is 5.97 Å². The molecule has 0 spiro atoms. The van der Waals surface area contributed by atoms with E-state index in [1.165, 1.54) is 0 Å². The van der Waals surface area contributed by atoms with Gasteiger partial charge in [0.25, 0.3) is 0 Å². The van der Waals surface area contributed by atoms with Gasteiger partial charge < -0.3 is 15.3 Å². The van der Waals surface area contributed by atoms with E-state index in [2.05, 4.69) is 24.1 Å². The molecule has 1 aromatic carbocycles. The SMILES string of the molecule is CC(C)N1CCC(C(=O)NC[C@@H](CC(=O)O)c2ccc(Cl)cc2)CC1. The molecule has 5 nitrogen and oxygen atoms in total. The quantitative estimate of drug-likeness (QED) is 0.777. The van der Waals surface area contributed by atoms with Crippen LogP contribution >= 0.6 is 11.6 Å². The summed E-state index contributed by atoms with van der Waals surface area (Å²) in [6, 6.07) is 7.64. The molecule has 0 aliphatic carbocycles. The van der Waals surface area contributed by atoms with Gasteiger partial charge in [0.05, 0.1) is 6.42 Å². The Morgan fingerprint density at radius 1 is 1.24 bits per heavy atom. The van der Waals surface area contributed by atoms with Crippen LogP contribution in [0.2, 0.25) is 5.02 Å². The van der Waals surface area contributed by atoms with E-state index in [-0.39, 0.29) is 24.2 Å². The number of likely N-dealkylation sites (tertiary alicyclic amines) is 1. The lowest BCUT2D eigenvalue weighted by Crippen LogP contribution is -2.43. The smallest absolute Gasteiger partial charge is 0.304 e. The summed E-state index contributed by atoms with van der Waals surface area (Å²) in [4.78, 5) is 26.0. The molecule has 0 radical (unpaired) electrons. The summed E-state index contributed by atoms with van der Waals surface area (Å²) in [5.74, 6) is -1.08. The number of benzene rings is 1. The van der Waals surface area contributed by atoms with Gasteiger partial charge in [-0.1, -0.05) is 23.7 Å². The number of amides is 1. The summed E-state index contributed by atoms with van der Waals surface area (Å²) in [5, 5.41) is 12.7. The monoisotopic (exact) mass is 366 g/mol. The number of nitrogens with zero attached hydrogens (tertiary/aromatic N) is 1. The normalized spacial score (nSPS) is 17.4. The first kappa shape index (κ1) is 19.7. The lowest BCUT2D eigenvalue weighted by atomic mass is 9.93. The molecule has 1 fully saturated rings. The van der Waals surface area contributed by atoms with Gasteiger partial charge in [-0.25, -0.2) is 0 Å². The average molecular weight is 367 g/mol. The number of hydrogen-bond donors (Lipinski definition) is 2. The molecule has 1 heterocycles. The first-order valence-corrected chi connectivity index (χ1v) is 9.23. The molecule has 2 N–H and O–H groups in total. The van der Waals surface area contributed by atoms with Crippen LogP contribution in [0.1, 0.15) is 44.6 Å². The van der Waals surface area contributed by atoms with Crippen LogP contribution in [0.4, 0.5) is 0 Å². The van der Waals surface area contributed by atoms with E-state index in [4.69, 9.17) is 16.7 Å². The minimum absolute atomic E-state index is 0.0192. The van der Waals surface area contributed by atoms with Gasteiger partial charge in [0.15, 0.2) is 0 Å². The highest BCUT2D eigenvalue weighted by Gasteiger charge is 2.26. The second-order valence-corrected chi connectivity index (χ2v) is 7.43. The molecule has 1 aliphatic heterocycles. The van der Waals surface area contributed by atoms with Gasteiger partial charge in [0, 0.05) is 29.4 Å². The summed E-state index contributed by atoms with van der Waals surface area (Å²) in [7, 11) is 0. The standard InChI is InChI=1S/C19H27ClN2O3/c1-13(2)22-9-7-15(8-10-22)19(25)21-12-16(11-18(23)24)14-3-5-17(20)6-4-14/h3-6,13,15-16H,7-12H2,1-2H3,(H,21,25)(H,23,24)/t16-/m1/s1. The number of rotatable bonds is 7. The molecule has 0 saturated carbocycles. The first-order chi connectivity index (χ1) is 11.9. The predicted molar refractivity (Wildman–Crippen MR) is 98.9 cm³/mol. The highest BCUT2D eigenvalue weighted by atomic mass is 35.5. The van der Waals surface area contributed by atoms with E-state index in [0.29, 0.717) is 17.6 Å². The number of carboxylic acid groups (broad SMARTS) is 1. The van der Waals surface area contributed by atoms with Crippen molar-refractivity contribution in [1.29, 1.82) is 0 Å². The Hall–Kier alpha value is -1.59. The van der Waals surface area contributed by atoms with Crippen LogP contribution in [-0.2, 0) is 9.59 Å². The van der Waals surface area contributed by atoms with E-state index in [1.807, 2.05) is 12.1 Å². The van der Waals surface area contributed by atoms with Crippen LogP contribution in [0.3, 0.4) is 0 Å². The first-order valence-electron chi connectivity index (χ1n) is 8.86. The highest BCUT2D eigenvalue weighted by Crippen LogP contribution is 2.23. The van der Waals surface area contributed by atoms with Crippen molar-refractivity contribution in [1.82, 2.24) is 10.2 Å². The van der Waals surface area contributed by atoms with Gasteiger partial charge in [-0.05, 0) is 57.5 Å². The van der Waals surface area contributed by atoms with Crippen molar-refractivity contribution >= 4 is 23.5 Å². The van der Waals surface area contributed by atoms with Crippen LogP contribution in [0.5, 0.6) is 0 Å². The average Bonchev–Trinajstić information content (AvgIpc) is 2.59. The molecule has 0 aromatic heterocycles. The number of halogens is 1. The number of nitrogens with one attached hydrogen (secondary N) is 1. The zero-order valence-corrected chi connectivity index (χ0v) is 15.6. The fourth-order valence-corrected chi connectivity index (χ4v) is 3.43. The summed E-state index contributed by atoms with van der Waals surface area (Å²) >= 11 is 5.90. The minimum Gasteiger partial charge on any atom is -0.481 e. The maximum Gasteiger partial charge on any atom is 0.304 e. The number of carboxylic acids is 1. The van der Waals surface area contributed by atoms with E-state index >= 15 is 0 Å². The minimum atomic E-state index is -0.876. The Morgan fingerprint density at radius 3 is 2.36 bits per heavy atom.